The molecule has 1 aromatic carbocycles. The lowest BCUT2D eigenvalue weighted by atomic mass is 10.1. The molecular formula is C18H17FN4O3. The van der Waals surface area contributed by atoms with Gasteiger partial charge in [-0.2, -0.15) is 4.98 Å². The highest BCUT2D eigenvalue weighted by Gasteiger charge is 2.13. The first kappa shape index (κ1) is 17.5. The van der Waals surface area contributed by atoms with Crippen molar-refractivity contribution in [3.63, 3.8) is 0 Å². The summed E-state index contributed by atoms with van der Waals surface area (Å²) < 4.78 is 23.9. The van der Waals surface area contributed by atoms with Crippen LogP contribution in [0.3, 0.4) is 0 Å². The summed E-state index contributed by atoms with van der Waals surface area (Å²) in [5.74, 6) is 0.348. The molecule has 0 aliphatic rings. The molecule has 0 bridgehead atoms. The van der Waals surface area contributed by atoms with Crippen LogP contribution >= 0.6 is 0 Å². The molecule has 3 aromatic rings. The Balaban J connectivity index is 1.61. The van der Waals surface area contributed by atoms with Crippen LogP contribution in [0.5, 0.6) is 5.88 Å². The minimum absolute atomic E-state index is 0.141. The number of anilines is 1. The van der Waals surface area contributed by atoms with Crippen LogP contribution in [-0.2, 0) is 11.2 Å². The Kier molecular flexibility index (Phi) is 5.21. The van der Waals surface area contributed by atoms with Gasteiger partial charge in [0, 0.05) is 24.6 Å². The summed E-state index contributed by atoms with van der Waals surface area (Å²) in [7, 11) is 1.48. The molecule has 0 saturated heterocycles. The fourth-order valence-corrected chi connectivity index (χ4v) is 2.29. The number of rotatable bonds is 6. The van der Waals surface area contributed by atoms with Gasteiger partial charge in [-0.05, 0) is 30.7 Å². The zero-order valence-corrected chi connectivity index (χ0v) is 14.3. The molecule has 26 heavy (non-hydrogen) atoms. The number of carbonyl (C=O) groups is 1. The molecular weight excluding hydrogens is 339 g/mol. The summed E-state index contributed by atoms with van der Waals surface area (Å²) >= 11 is 0. The maximum Gasteiger partial charge on any atom is 0.237 e. The van der Waals surface area contributed by atoms with E-state index in [1.807, 2.05) is 0 Å². The monoisotopic (exact) mass is 356 g/mol. The van der Waals surface area contributed by atoms with E-state index in [1.54, 1.807) is 37.4 Å². The number of methoxy groups -OCH3 is 1. The standard InChI is InChI=1S/C18H17FN4O3/c1-11-5-6-12(10-13(11)19)17-22-16(26-23-17)8-7-15(24)21-14-4-3-9-20-18(14)25-2/h3-6,9-10H,7-8H2,1-2H3,(H,21,24). The van der Waals surface area contributed by atoms with Gasteiger partial charge in [-0.3, -0.25) is 4.79 Å². The van der Waals surface area contributed by atoms with Gasteiger partial charge in [0.2, 0.25) is 23.5 Å². The number of pyridine rings is 1. The molecule has 0 radical (unpaired) electrons. The van der Waals surface area contributed by atoms with Crippen LogP contribution in [0, 0.1) is 12.7 Å². The number of aryl methyl sites for hydroxylation is 2. The molecule has 8 heteroatoms. The molecule has 0 atom stereocenters. The topological polar surface area (TPSA) is 90.1 Å². The lowest BCUT2D eigenvalue weighted by molar-refractivity contribution is -0.116. The first-order valence-corrected chi connectivity index (χ1v) is 7.95. The van der Waals surface area contributed by atoms with Gasteiger partial charge in [0.1, 0.15) is 11.5 Å². The molecule has 0 saturated carbocycles. The zero-order valence-electron chi connectivity index (χ0n) is 14.3. The van der Waals surface area contributed by atoms with Gasteiger partial charge in [0.15, 0.2) is 0 Å². The molecule has 1 N–H and O–H groups in total. The highest BCUT2D eigenvalue weighted by Crippen LogP contribution is 2.21. The molecule has 2 heterocycles. The minimum atomic E-state index is -0.335. The fraction of sp³-hybridized carbons (Fsp3) is 0.222. The molecule has 0 aliphatic heterocycles. The smallest absolute Gasteiger partial charge is 0.237 e. The SMILES string of the molecule is COc1ncccc1NC(=O)CCc1nc(-c2ccc(C)c(F)c2)no1. The number of carbonyl (C=O) groups excluding carboxylic acids is 1. The third kappa shape index (κ3) is 4.02. The van der Waals surface area contributed by atoms with Crippen LogP contribution < -0.4 is 10.1 Å². The number of nitrogens with one attached hydrogen (secondary N) is 1. The van der Waals surface area contributed by atoms with Crippen molar-refractivity contribution in [2.24, 2.45) is 0 Å². The van der Waals surface area contributed by atoms with Crippen LogP contribution in [0.1, 0.15) is 17.9 Å². The zero-order chi connectivity index (χ0) is 18.5. The Bertz CT molecular complexity index is 926. The van der Waals surface area contributed by atoms with Crippen molar-refractivity contribution < 1.29 is 18.4 Å². The van der Waals surface area contributed by atoms with Crippen molar-refractivity contribution in [3.8, 4) is 17.3 Å². The van der Waals surface area contributed by atoms with Crippen LogP contribution in [0.4, 0.5) is 10.1 Å². The highest BCUT2D eigenvalue weighted by atomic mass is 19.1. The predicted molar refractivity (Wildman–Crippen MR) is 92.2 cm³/mol. The largest absolute Gasteiger partial charge is 0.480 e. The number of nitrogens with zero attached hydrogens (tertiary/aromatic N) is 3. The number of amides is 1. The fourth-order valence-electron chi connectivity index (χ4n) is 2.29. The minimum Gasteiger partial charge on any atom is -0.480 e. The number of benzene rings is 1. The van der Waals surface area contributed by atoms with Crippen LogP contribution in [0.2, 0.25) is 0 Å². The van der Waals surface area contributed by atoms with E-state index in [0.717, 1.165) is 0 Å². The lowest BCUT2D eigenvalue weighted by Gasteiger charge is -2.07. The van der Waals surface area contributed by atoms with E-state index in [4.69, 9.17) is 9.26 Å². The molecule has 0 unspecified atom stereocenters. The Morgan fingerprint density at radius 2 is 2.19 bits per heavy atom. The number of halogens is 1. The number of hydrogen-bond acceptors (Lipinski definition) is 6. The van der Waals surface area contributed by atoms with Crippen molar-refractivity contribution in [3.05, 3.63) is 53.8 Å². The third-order valence-electron chi connectivity index (χ3n) is 3.70. The third-order valence-corrected chi connectivity index (χ3v) is 3.70. The molecule has 7 nitrogen and oxygen atoms in total. The Labute approximate surface area is 149 Å². The summed E-state index contributed by atoms with van der Waals surface area (Å²) in [6.07, 6.45) is 1.97. The first-order valence-electron chi connectivity index (χ1n) is 7.95. The van der Waals surface area contributed by atoms with Gasteiger partial charge in [-0.1, -0.05) is 17.3 Å². The van der Waals surface area contributed by atoms with Crippen molar-refractivity contribution in [2.45, 2.75) is 19.8 Å². The number of ether oxygens (including phenoxy) is 1. The summed E-state index contributed by atoms with van der Waals surface area (Å²) in [5, 5.41) is 6.55. The summed E-state index contributed by atoms with van der Waals surface area (Å²) in [6.45, 7) is 1.68. The van der Waals surface area contributed by atoms with E-state index in [-0.39, 0.29) is 30.4 Å². The molecule has 1 amide bonds. The lowest BCUT2D eigenvalue weighted by Crippen LogP contribution is -2.13. The highest BCUT2D eigenvalue weighted by molar-refractivity contribution is 5.91. The van der Waals surface area contributed by atoms with E-state index in [0.29, 0.717) is 28.6 Å². The van der Waals surface area contributed by atoms with Crippen molar-refractivity contribution in [1.29, 1.82) is 0 Å². The average Bonchev–Trinajstić information content (AvgIpc) is 3.12. The quantitative estimate of drug-likeness (QED) is 0.730. The number of aromatic nitrogens is 3. The van der Waals surface area contributed by atoms with Gasteiger partial charge < -0.3 is 14.6 Å². The maximum atomic E-state index is 13.6. The predicted octanol–water partition coefficient (Wildman–Crippen LogP) is 3.16. The van der Waals surface area contributed by atoms with Gasteiger partial charge >= 0.3 is 0 Å². The van der Waals surface area contributed by atoms with Gasteiger partial charge in [-0.25, -0.2) is 9.37 Å². The van der Waals surface area contributed by atoms with Crippen LogP contribution in [-0.4, -0.2) is 28.1 Å². The molecule has 134 valence electrons. The summed E-state index contributed by atoms with van der Waals surface area (Å²) in [6, 6.07) is 8.11. The average molecular weight is 356 g/mol. The normalized spacial score (nSPS) is 10.6. The Hall–Kier alpha value is -3.29. The molecule has 3 rings (SSSR count). The molecule has 0 spiro atoms. The first-order chi connectivity index (χ1) is 12.6. The summed E-state index contributed by atoms with van der Waals surface area (Å²) in [5.41, 5.74) is 1.55. The Morgan fingerprint density at radius 3 is 2.96 bits per heavy atom. The Morgan fingerprint density at radius 1 is 1.35 bits per heavy atom. The van der Waals surface area contributed by atoms with Crippen LogP contribution in [0.25, 0.3) is 11.4 Å². The van der Waals surface area contributed by atoms with Crippen molar-refractivity contribution >= 4 is 11.6 Å². The van der Waals surface area contributed by atoms with E-state index in [1.165, 1.54) is 13.2 Å². The molecule has 2 aromatic heterocycles. The van der Waals surface area contributed by atoms with Crippen molar-refractivity contribution in [1.82, 2.24) is 15.1 Å². The van der Waals surface area contributed by atoms with Crippen molar-refractivity contribution in [2.75, 3.05) is 12.4 Å². The van der Waals surface area contributed by atoms with E-state index >= 15 is 0 Å². The van der Waals surface area contributed by atoms with Crippen LogP contribution in [0.15, 0.2) is 41.1 Å². The second kappa shape index (κ2) is 7.73. The van der Waals surface area contributed by atoms with E-state index < -0.39 is 0 Å². The van der Waals surface area contributed by atoms with E-state index in [2.05, 4.69) is 20.4 Å². The molecule has 0 aliphatic carbocycles. The van der Waals surface area contributed by atoms with Gasteiger partial charge in [0.05, 0.1) is 7.11 Å². The molecule has 0 fully saturated rings. The second-order valence-electron chi connectivity index (χ2n) is 5.58. The maximum absolute atomic E-state index is 13.6. The summed E-state index contributed by atoms with van der Waals surface area (Å²) in [4.78, 5) is 20.3. The second-order valence-corrected chi connectivity index (χ2v) is 5.58. The van der Waals surface area contributed by atoms with Gasteiger partial charge in [-0.15, -0.1) is 0 Å². The number of hydrogen-bond donors (Lipinski definition) is 1. The van der Waals surface area contributed by atoms with E-state index in [9.17, 15) is 9.18 Å². The van der Waals surface area contributed by atoms with Gasteiger partial charge in [0.25, 0.3) is 0 Å².